The second-order valence-electron chi connectivity index (χ2n) is 6.15. The Labute approximate surface area is 134 Å². The van der Waals surface area contributed by atoms with Gasteiger partial charge in [0.15, 0.2) is 0 Å². The van der Waals surface area contributed by atoms with Crippen molar-refractivity contribution in [3.63, 3.8) is 0 Å². The topological polar surface area (TPSA) is 29.1 Å². The van der Waals surface area contributed by atoms with Crippen LogP contribution in [0.25, 0.3) is 10.8 Å². The van der Waals surface area contributed by atoms with Gasteiger partial charge in [-0.05, 0) is 53.8 Å². The van der Waals surface area contributed by atoms with Crippen LogP contribution in [-0.2, 0) is 0 Å². The Morgan fingerprint density at radius 3 is 2.71 bits per heavy atom. The average molecular weight is 346 g/mol. The lowest BCUT2D eigenvalue weighted by Gasteiger charge is -2.27. The standard InChI is InChI=1S/C18H20BrNO/c1-12-3-2-4-17(9-12)20-18(21)15-6-5-14-11-16(19)8-7-13(14)10-15/h5-8,10-12,17H,2-4,9H2,1H3,(H,20,21). The van der Waals surface area contributed by atoms with Gasteiger partial charge in [0.1, 0.15) is 0 Å². The maximum atomic E-state index is 12.4. The van der Waals surface area contributed by atoms with Gasteiger partial charge in [0.05, 0.1) is 0 Å². The average Bonchev–Trinajstić information content (AvgIpc) is 2.46. The van der Waals surface area contributed by atoms with Crippen LogP contribution in [0.3, 0.4) is 0 Å². The summed E-state index contributed by atoms with van der Waals surface area (Å²) in [4.78, 5) is 12.4. The molecule has 2 aromatic carbocycles. The van der Waals surface area contributed by atoms with Crippen molar-refractivity contribution >= 4 is 32.6 Å². The molecule has 2 nitrogen and oxygen atoms in total. The summed E-state index contributed by atoms with van der Waals surface area (Å²) in [5.74, 6) is 0.775. The molecule has 0 aromatic heterocycles. The number of carbonyl (C=O) groups is 1. The second-order valence-corrected chi connectivity index (χ2v) is 7.06. The highest BCUT2D eigenvalue weighted by atomic mass is 79.9. The van der Waals surface area contributed by atoms with Crippen molar-refractivity contribution in [1.82, 2.24) is 5.32 Å². The molecule has 0 heterocycles. The first-order valence-corrected chi connectivity index (χ1v) is 8.41. The van der Waals surface area contributed by atoms with Crippen LogP contribution in [0.4, 0.5) is 0 Å². The number of benzene rings is 2. The van der Waals surface area contributed by atoms with E-state index in [1.807, 2.05) is 30.3 Å². The zero-order valence-electron chi connectivity index (χ0n) is 12.2. The molecular weight excluding hydrogens is 326 g/mol. The number of halogens is 1. The summed E-state index contributed by atoms with van der Waals surface area (Å²) in [5.41, 5.74) is 0.753. The Kier molecular flexibility index (Phi) is 4.29. The quantitative estimate of drug-likeness (QED) is 0.822. The van der Waals surface area contributed by atoms with Crippen molar-refractivity contribution in [2.45, 2.75) is 38.6 Å². The normalized spacial score (nSPS) is 22.2. The van der Waals surface area contributed by atoms with Gasteiger partial charge in [-0.15, -0.1) is 0 Å². The molecule has 0 spiro atoms. The Balaban J connectivity index is 1.76. The molecule has 2 aromatic rings. The Bertz CT molecular complexity index is 667. The minimum Gasteiger partial charge on any atom is -0.349 e. The van der Waals surface area contributed by atoms with E-state index in [2.05, 4.69) is 34.2 Å². The van der Waals surface area contributed by atoms with E-state index in [4.69, 9.17) is 0 Å². The number of amides is 1. The van der Waals surface area contributed by atoms with Gasteiger partial charge < -0.3 is 5.32 Å². The smallest absolute Gasteiger partial charge is 0.251 e. The lowest BCUT2D eigenvalue weighted by molar-refractivity contribution is 0.0921. The van der Waals surface area contributed by atoms with Crippen LogP contribution in [0.15, 0.2) is 40.9 Å². The molecule has 21 heavy (non-hydrogen) atoms. The molecule has 1 aliphatic carbocycles. The predicted octanol–water partition coefficient (Wildman–Crippen LogP) is 4.91. The van der Waals surface area contributed by atoms with Gasteiger partial charge in [-0.3, -0.25) is 4.79 Å². The number of hydrogen-bond acceptors (Lipinski definition) is 1. The maximum Gasteiger partial charge on any atom is 0.251 e. The maximum absolute atomic E-state index is 12.4. The molecule has 3 rings (SSSR count). The third-order valence-electron chi connectivity index (χ3n) is 4.34. The van der Waals surface area contributed by atoms with Crippen molar-refractivity contribution in [3.8, 4) is 0 Å². The fourth-order valence-corrected chi connectivity index (χ4v) is 3.57. The number of hydrogen-bond donors (Lipinski definition) is 1. The van der Waals surface area contributed by atoms with Gasteiger partial charge in [-0.25, -0.2) is 0 Å². The predicted molar refractivity (Wildman–Crippen MR) is 90.5 cm³/mol. The highest BCUT2D eigenvalue weighted by Gasteiger charge is 2.20. The first-order chi connectivity index (χ1) is 10.1. The Morgan fingerprint density at radius 1 is 1.14 bits per heavy atom. The molecule has 0 radical (unpaired) electrons. The van der Waals surface area contributed by atoms with E-state index in [-0.39, 0.29) is 5.91 Å². The lowest BCUT2D eigenvalue weighted by atomic mass is 9.87. The van der Waals surface area contributed by atoms with Gasteiger partial charge in [0.2, 0.25) is 0 Å². The summed E-state index contributed by atoms with van der Waals surface area (Å²) in [6.45, 7) is 2.27. The van der Waals surface area contributed by atoms with Crippen molar-refractivity contribution < 1.29 is 4.79 Å². The van der Waals surface area contributed by atoms with Crippen LogP contribution in [-0.4, -0.2) is 11.9 Å². The molecule has 1 saturated carbocycles. The van der Waals surface area contributed by atoms with E-state index in [0.29, 0.717) is 6.04 Å². The summed E-state index contributed by atoms with van der Waals surface area (Å²) in [5, 5.41) is 5.44. The first kappa shape index (κ1) is 14.6. The van der Waals surface area contributed by atoms with E-state index >= 15 is 0 Å². The molecule has 1 aliphatic rings. The van der Waals surface area contributed by atoms with E-state index in [9.17, 15) is 4.79 Å². The van der Waals surface area contributed by atoms with Crippen molar-refractivity contribution in [2.24, 2.45) is 5.92 Å². The van der Waals surface area contributed by atoms with E-state index in [0.717, 1.165) is 39.6 Å². The van der Waals surface area contributed by atoms with Gasteiger partial charge >= 0.3 is 0 Å². The monoisotopic (exact) mass is 345 g/mol. The van der Waals surface area contributed by atoms with Crippen molar-refractivity contribution in [3.05, 3.63) is 46.4 Å². The summed E-state index contributed by atoms with van der Waals surface area (Å²) in [6.07, 6.45) is 4.72. The molecule has 1 N–H and O–H groups in total. The van der Waals surface area contributed by atoms with E-state index < -0.39 is 0 Å². The Hall–Kier alpha value is -1.35. The highest BCUT2D eigenvalue weighted by Crippen LogP contribution is 2.24. The fourth-order valence-electron chi connectivity index (χ4n) is 3.19. The van der Waals surface area contributed by atoms with E-state index in [1.165, 1.54) is 12.8 Å². The second kappa shape index (κ2) is 6.18. The largest absolute Gasteiger partial charge is 0.349 e. The van der Waals surface area contributed by atoms with Gasteiger partial charge in [-0.2, -0.15) is 0 Å². The minimum atomic E-state index is 0.0546. The molecule has 2 unspecified atom stereocenters. The zero-order chi connectivity index (χ0) is 14.8. The Morgan fingerprint density at radius 2 is 1.90 bits per heavy atom. The number of carbonyl (C=O) groups excluding carboxylic acids is 1. The highest BCUT2D eigenvalue weighted by molar-refractivity contribution is 9.10. The van der Waals surface area contributed by atoms with E-state index in [1.54, 1.807) is 0 Å². The SMILES string of the molecule is CC1CCCC(NC(=O)c2ccc3cc(Br)ccc3c2)C1. The number of rotatable bonds is 2. The summed E-state index contributed by atoms with van der Waals surface area (Å²) in [7, 11) is 0. The molecule has 0 saturated heterocycles. The third kappa shape index (κ3) is 3.46. The summed E-state index contributed by atoms with van der Waals surface area (Å²) in [6, 6.07) is 12.4. The van der Waals surface area contributed by atoms with Gasteiger partial charge in [-0.1, -0.05) is 47.8 Å². The third-order valence-corrected chi connectivity index (χ3v) is 4.83. The molecular formula is C18H20BrNO. The number of fused-ring (bicyclic) bond motifs is 1. The van der Waals surface area contributed by atoms with Crippen LogP contribution in [0.5, 0.6) is 0 Å². The van der Waals surface area contributed by atoms with Crippen molar-refractivity contribution in [1.29, 1.82) is 0 Å². The zero-order valence-corrected chi connectivity index (χ0v) is 13.8. The number of nitrogens with one attached hydrogen (secondary N) is 1. The molecule has 1 fully saturated rings. The molecule has 110 valence electrons. The molecule has 2 atom stereocenters. The molecule has 1 amide bonds. The summed E-state index contributed by atoms with van der Waals surface area (Å²) < 4.78 is 1.06. The first-order valence-electron chi connectivity index (χ1n) is 7.62. The van der Waals surface area contributed by atoms with Crippen molar-refractivity contribution in [2.75, 3.05) is 0 Å². The summed E-state index contributed by atoms with van der Waals surface area (Å²) >= 11 is 3.47. The lowest BCUT2D eigenvalue weighted by Crippen LogP contribution is -2.37. The van der Waals surface area contributed by atoms with Crippen LogP contribution >= 0.6 is 15.9 Å². The molecule has 0 aliphatic heterocycles. The molecule has 0 bridgehead atoms. The van der Waals surface area contributed by atoms with Gasteiger partial charge in [0.25, 0.3) is 5.91 Å². The van der Waals surface area contributed by atoms with Crippen LogP contribution in [0, 0.1) is 5.92 Å². The van der Waals surface area contributed by atoms with Gasteiger partial charge in [0, 0.05) is 16.1 Å². The van der Waals surface area contributed by atoms with Crippen LogP contribution in [0.1, 0.15) is 43.0 Å². The fraction of sp³-hybridized carbons (Fsp3) is 0.389. The van der Waals surface area contributed by atoms with Crippen LogP contribution in [0.2, 0.25) is 0 Å². The molecule has 3 heteroatoms. The van der Waals surface area contributed by atoms with Crippen LogP contribution < -0.4 is 5.32 Å². The minimum absolute atomic E-state index is 0.0546.